The number of hydrogen-bond acceptors (Lipinski definition) is 6. The molecule has 0 fully saturated rings. The number of aliphatic hydroxyl groups excluding tert-OH is 1. The fourth-order valence-corrected chi connectivity index (χ4v) is 1.91. The molecule has 4 N–H and O–H groups in total. The van der Waals surface area contributed by atoms with E-state index >= 15 is 0 Å². The molecule has 1 aromatic heterocycles. The van der Waals surface area contributed by atoms with Crippen LogP contribution in [0.2, 0.25) is 0 Å². The van der Waals surface area contributed by atoms with E-state index in [1.807, 2.05) is 6.92 Å². The summed E-state index contributed by atoms with van der Waals surface area (Å²) < 4.78 is 16.8. The Morgan fingerprint density at radius 2 is 2.24 bits per heavy atom. The summed E-state index contributed by atoms with van der Waals surface area (Å²) in [5.74, 6) is 0.454. The molecule has 10 heteroatoms. The van der Waals surface area contributed by atoms with Crippen LogP contribution >= 0.6 is 7.60 Å². The number of ether oxygens (including phenoxy) is 1. The average Bonchev–Trinajstić information content (AvgIpc) is 2.42. The lowest BCUT2D eigenvalue weighted by Crippen LogP contribution is -2.32. The van der Waals surface area contributed by atoms with Crippen molar-refractivity contribution in [3.05, 3.63) is 22.7 Å². The van der Waals surface area contributed by atoms with E-state index in [0.29, 0.717) is 12.4 Å². The molecule has 0 bridgehead atoms. The summed E-state index contributed by atoms with van der Waals surface area (Å²) in [6, 6.07) is 1.61. The van der Waals surface area contributed by atoms with Crippen LogP contribution in [-0.2, 0) is 15.8 Å². The first kappa shape index (κ1) is 17.8. The molecule has 0 unspecified atom stereocenters. The second kappa shape index (κ2) is 8.26. The smallest absolute Gasteiger partial charge is 0.350 e. The number of aromatic nitrogens is 2. The minimum atomic E-state index is -4.32. The van der Waals surface area contributed by atoms with Gasteiger partial charge in [-0.3, -0.25) is 9.13 Å². The van der Waals surface area contributed by atoms with E-state index in [-0.39, 0.29) is 6.54 Å². The van der Waals surface area contributed by atoms with E-state index in [1.165, 1.54) is 10.8 Å². The molecular weight excluding hydrogens is 301 g/mol. The quantitative estimate of drug-likeness (QED) is 0.451. The molecule has 9 nitrogen and oxygen atoms in total. The maximum Gasteiger partial charge on any atom is 0.350 e. The van der Waals surface area contributed by atoms with Gasteiger partial charge in [0, 0.05) is 12.7 Å². The van der Waals surface area contributed by atoms with E-state index in [2.05, 4.69) is 10.3 Å². The van der Waals surface area contributed by atoms with Gasteiger partial charge < -0.3 is 24.9 Å². The maximum atomic E-state index is 11.8. The monoisotopic (exact) mass is 321 g/mol. The van der Waals surface area contributed by atoms with Crippen molar-refractivity contribution in [3.63, 3.8) is 0 Å². The van der Waals surface area contributed by atoms with Crippen LogP contribution in [0.1, 0.15) is 13.3 Å². The summed E-state index contributed by atoms with van der Waals surface area (Å²) in [5, 5.41) is 12.1. The van der Waals surface area contributed by atoms with Gasteiger partial charge in [0.2, 0.25) is 0 Å². The first-order valence-electron chi connectivity index (χ1n) is 6.44. The van der Waals surface area contributed by atoms with Gasteiger partial charge in [0.15, 0.2) is 0 Å². The fourth-order valence-electron chi connectivity index (χ4n) is 1.50. The first-order chi connectivity index (χ1) is 9.85. The summed E-state index contributed by atoms with van der Waals surface area (Å²) >= 11 is 0. The highest BCUT2D eigenvalue weighted by Crippen LogP contribution is 2.34. The van der Waals surface area contributed by atoms with Gasteiger partial charge in [-0.05, 0) is 12.5 Å². The van der Waals surface area contributed by atoms with Crippen molar-refractivity contribution in [2.24, 2.45) is 0 Å². The minimum absolute atomic E-state index is 0.0452. The van der Waals surface area contributed by atoms with Crippen LogP contribution in [0.15, 0.2) is 17.1 Å². The van der Waals surface area contributed by atoms with Crippen LogP contribution in [0.4, 0.5) is 5.82 Å². The molecule has 0 aliphatic heterocycles. The van der Waals surface area contributed by atoms with Gasteiger partial charge in [0.05, 0.1) is 19.3 Å². The normalized spacial score (nSPS) is 13.1. The van der Waals surface area contributed by atoms with Crippen molar-refractivity contribution in [1.82, 2.24) is 9.55 Å². The topological polar surface area (TPSA) is 134 Å². The molecule has 120 valence electrons. The summed E-state index contributed by atoms with van der Waals surface area (Å²) in [5.41, 5.74) is -0.533. The second-order valence-corrected chi connectivity index (χ2v) is 6.03. The van der Waals surface area contributed by atoms with E-state index < -0.39 is 32.3 Å². The third kappa shape index (κ3) is 6.83. The predicted molar refractivity (Wildman–Crippen MR) is 76.1 cm³/mol. The Morgan fingerprint density at radius 1 is 1.52 bits per heavy atom. The van der Waals surface area contributed by atoms with Crippen LogP contribution in [0, 0.1) is 0 Å². The SMILES string of the molecule is CCCNc1ccn(C[C@@H](CO)OCP(=O)(O)O)c(=O)n1. The van der Waals surface area contributed by atoms with Crippen LogP contribution in [0.3, 0.4) is 0 Å². The molecule has 0 aliphatic rings. The fraction of sp³-hybridized carbons (Fsp3) is 0.636. The van der Waals surface area contributed by atoms with Crippen LogP contribution in [0.25, 0.3) is 0 Å². The first-order valence-corrected chi connectivity index (χ1v) is 8.24. The van der Waals surface area contributed by atoms with Crippen molar-refractivity contribution in [1.29, 1.82) is 0 Å². The molecule has 21 heavy (non-hydrogen) atoms. The zero-order valence-corrected chi connectivity index (χ0v) is 12.6. The van der Waals surface area contributed by atoms with Crippen LogP contribution in [-0.4, -0.2) is 50.0 Å². The van der Waals surface area contributed by atoms with Gasteiger partial charge in [-0.1, -0.05) is 6.92 Å². The summed E-state index contributed by atoms with van der Waals surface area (Å²) in [6.45, 7) is 2.16. The minimum Gasteiger partial charge on any atom is -0.394 e. The molecule has 1 rings (SSSR count). The van der Waals surface area contributed by atoms with E-state index in [4.69, 9.17) is 19.6 Å². The summed E-state index contributed by atoms with van der Waals surface area (Å²) in [4.78, 5) is 33.0. The van der Waals surface area contributed by atoms with Crippen molar-refractivity contribution in [2.75, 3.05) is 24.8 Å². The van der Waals surface area contributed by atoms with E-state index in [9.17, 15) is 9.36 Å². The van der Waals surface area contributed by atoms with Gasteiger partial charge in [0.25, 0.3) is 0 Å². The zero-order valence-electron chi connectivity index (χ0n) is 11.7. The van der Waals surface area contributed by atoms with Crippen molar-refractivity contribution in [3.8, 4) is 0 Å². The van der Waals surface area contributed by atoms with Gasteiger partial charge >= 0.3 is 13.3 Å². The zero-order chi connectivity index (χ0) is 15.9. The molecule has 1 atom stereocenters. The molecule has 0 radical (unpaired) electrons. The Bertz CT molecular complexity index is 543. The third-order valence-corrected chi connectivity index (χ3v) is 3.00. The highest BCUT2D eigenvalue weighted by Gasteiger charge is 2.18. The molecule has 1 aromatic rings. The standard InChI is InChI=1S/C11H20N3O6P/c1-2-4-12-10-3-5-14(11(16)13-10)6-9(7-15)20-8-21(17,18)19/h3,5,9,15H,2,4,6-8H2,1H3,(H,12,13,16)(H2,17,18,19)/t9-/m0/s1. The molecule has 0 aliphatic carbocycles. The van der Waals surface area contributed by atoms with Gasteiger partial charge in [0.1, 0.15) is 12.2 Å². The van der Waals surface area contributed by atoms with Gasteiger partial charge in [-0.15, -0.1) is 0 Å². The Kier molecular flexibility index (Phi) is 7.00. The number of nitrogens with zero attached hydrogens (tertiary/aromatic N) is 2. The third-order valence-electron chi connectivity index (χ3n) is 2.51. The van der Waals surface area contributed by atoms with Gasteiger partial charge in [-0.2, -0.15) is 4.98 Å². The van der Waals surface area contributed by atoms with Gasteiger partial charge in [-0.25, -0.2) is 4.79 Å². The highest BCUT2D eigenvalue weighted by molar-refractivity contribution is 7.51. The number of rotatable bonds is 9. The Labute approximate surface area is 121 Å². The van der Waals surface area contributed by atoms with Crippen molar-refractivity contribution in [2.45, 2.75) is 26.0 Å². The molecule has 0 aromatic carbocycles. The lowest BCUT2D eigenvalue weighted by molar-refractivity contribution is 0.0188. The number of hydrogen-bond donors (Lipinski definition) is 4. The van der Waals surface area contributed by atoms with E-state index in [0.717, 1.165) is 6.42 Å². The molecule has 0 spiro atoms. The Hall–Kier alpha value is -1.25. The number of anilines is 1. The largest absolute Gasteiger partial charge is 0.394 e. The van der Waals surface area contributed by atoms with E-state index in [1.54, 1.807) is 6.07 Å². The van der Waals surface area contributed by atoms with Crippen molar-refractivity contribution < 1.29 is 24.2 Å². The lowest BCUT2D eigenvalue weighted by atomic mass is 10.3. The predicted octanol–water partition coefficient (Wildman–Crippen LogP) is -0.422. The van der Waals surface area contributed by atoms with Crippen LogP contribution < -0.4 is 11.0 Å². The number of aliphatic hydroxyl groups is 1. The van der Waals surface area contributed by atoms with Crippen LogP contribution in [0.5, 0.6) is 0 Å². The molecule has 1 heterocycles. The molecular formula is C11H20N3O6P. The summed E-state index contributed by atoms with van der Waals surface area (Å²) in [7, 11) is -4.32. The number of nitrogens with one attached hydrogen (secondary N) is 1. The second-order valence-electron chi connectivity index (χ2n) is 4.44. The van der Waals surface area contributed by atoms with Crippen molar-refractivity contribution >= 4 is 13.4 Å². The lowest BCUT2D eigenvalue weighted by Gasteiger charge is -2.17. The molecule has 0 saturated carbocycles. The maximum absolute atomic E-state index is 11.8. The Morgan fingerprint density at radius 3 is 2.76 bits per heavy atom. The highest BCUT2D eigenvalue weighted by atomic mass is 31.2. The Balaban J connectivity index is 2.67. The summed E-state index contributed by atoms with van der Waals surface area (Å²) in [6.07, 6.45) is 0.674. The average molecular weight is 321 g/mol. The molecule has 0 amide bonds. The molecule has 0 saturated heterocycles.